The Hall–Kier alpha value is -1.61. The van der Waals surface area contributed by atoms with E-state index < -0.39 is 0 Å². The van der Waals surface area contributed by atoms with Crippen molar-refractivity contribution in [3.8, 4) is 11.3 Å². The highest BCUT2D eigenvalue weighted by Crippen LogP contribution is 2.31. The highest BCUT2D eigenvalue weighted by atomic mass is 35.5. The molecule has 0 unspecified atom stereocenters. The molecule has 18 heavy (non-hydrogen) atoms. The van der Waals surface area contributed by atoms with Gasteiger partial charge in [0.2, 0.25) is 0 Å². The van der Waals surface area contributed by atoms with Gasteiger partial charge in [0.05, 0.1) is 5.69 Å². The molecule has 1 aromatic carbocycles. The Morgan fingerprint density at radius 2 is 1.78 bits per heavy atom. The second-order valence-corrected chi connectivity index (χ2v) is 4.83. The lowest BCUT2D eigenvalue weighted by molar-refractivity contribution is 0.852. The fourth-order valence-electron chi connectivity index (χ4n) is 1.98. The van der Waals surface area contributed by atoms with Crippen molar-refractivity contribution < 1.29 is 0 Å². The highest BCUT2D eigenvalue weighted by molar-refractivity contribution is 6.30. The summed E-state index contributed by atoms with van der Waals surface area (Å²) < 4.78 is 0. The smallest absolute Gasteiger partial charge is 0.133 e. The molecule has 0 radical (unpaired) electrons. The Morgan fingerprint density at radius 1 is 1.11 bits per heavy atom. The van der Waals surface area contributed by atoms with Gasteiger partial charge < -0.3 is 5.32 Å². The van der Waals surface area contributed by atoms with Gasteiger partial charge in [-0.15, -0.1) is 0 Å². The normalized spacial score (nSPS) is 10.7. The van der Waals surface area contributed by atoms with Crippen molar-refractivity contribution in [2.45, 2.75) is 19.8 Å². The summed E-state index contributed by atoms with van der Waals surface area (Å²) >= 11 is 5.91. The van der Waals surface area contributed by atoms with Gasteiger partial charge >= 0.3 is 0 Å². The fourth-order valence-corrected chi connectivity index (χ4v) is 2.11. The summed E-state index contributed by atoms with van der Waals surface area (Å²) in [6, 6.07) is 7.72. The third-order valence-electron chi connectivity index (χ3n) is 2.82. The zero-order valence-corrected chi connectivity index (χ0v) is 11.5. The van der Waals surface area contributed by atoms with Crippen LogP contribution in [0.1, 0.15) is 25.3 Å². The Bertz CT molecular complexity index is 535. The number of benzene rings is 1. The average molecular weight is 262 g/mol. The number of halogens is 1. The van der Waals surface area contributed by atoms with E-state index in [0.717, 1.165) is 27.7 Å². The molecule has 0 saturated heterocycles. The van der Waals surface area contributed by atoms with Crippen LogP contribution in [0.3, 0.4) is 0 Å². The first kappa shape index (κ1) is 12.8. The van der Waals surface area contributed by atoms with Gasteiger partial charge in [-0.05, 0) is 18.1 Å². The molecule has 0 saturated carbocycles. The van der Waals surface area contributed by atoms with Crippen LogP contribution in [0.15, 0.2) is 30.6 Å². The molecule has 0 aliphatic heterocycles. The maximum atomic E-state index is 5.91. The van der Waals surface area contributed by atoms with Crippen molar-refractivity contribution in [3.05, 3.63) is 41.2 Å². The number of hydrogen-bond donors (Lipinski definition) is 1. The van der Waals surface area contributed by atoms with Gasteiger partial charge in [0.25, 0.3) is 0 Å². The second-order valence-electron chi connectivity index (χ2n) is 4.40. The summed E-state index contributed by atoms with van der Waals surface area (Å²) in [5, 5.41) is 3.85. The van der Waals surface area contributed by atoms with Crippen LogP contribution in [-0.4, -0.2) is 17.0 Å². The standard InChI is InChI=1S/C14H16ClN3/c1-9(2)12-13(17-8-18-14(12)16-3)10-4-6-11(15)7-5-10/h4-9H,1-3H3,(H,16,17,18). The van der Waals surface area contributed by atoms with Crippen LogP contribution in [-0.2, 0) is 0 Å². The molecule has 0 bridgehead atoms. The Labute approximate surface area is 112 Å². The summed E-state index contributed by atoms with van der Waals surface area (Å²) in [7, 11) is 1.87. The van der Waals surface area contributed by atoms with Crippen molar-refractivity contribution in [1.29, 1.82) is 0 Å². The maximum Gasteiger partial charge on any atom is 0.133 e. The van der Waals surface area contributed by atoms with E-state index in [1.807, 2.05) is 31.3 Å². The third-order valence-corrected chi connectivity index (χ3v) is 3.07. The van der Waals surface area contributed by atoms with Crippen LogP contribution >= 0.6 is 11.6 Å². The highest BCUT2D eigenvalue weighted by Gasteiger charge is 2.15. The minimum atomic E-state index is 0.347. The minimum Gasteiger partial charge on any atom is -0.373 e. The van der Waals surface area contributed by atoms with Crippen molar-refractivity contribution in [2.24, 2.45) is 0 Å². The van der Waals surface area contributed by atoms with Crippen LogP contribution in [0.5, 0.6) is 0 Å². The van der Waals surface area contributed by atoms with Crippen LogP contribution in [0.4, 0.5) is 5.82 Å². The van der Waals surface area contributed by atoms with Gasteiger partial charge in [-0.1, -0.05) is 37.6 Å². The molecule has 3 nitrogen and oxygen atoms in total. The molecule has 2 aromatic rings. The zero-order chi connectivity index (χ0) is 13.1. The van der Waals surface area contributed by atoms with E-state index in [2.05, 4.69) is 29.1 Å². The van der Waals surface area contributed by atoms with Crippen LogP contribution in [0, 0.1) is 0 Å². The molecule has 0 spiro atoms. The van der Waals surface area contributed by atoms with Gasteiger partial charge in [-0.25, -0.2) is 9.97 Å². The topological polar surface area (TPSA) is 37.8 Å². The van der Waals surface area contributed by atoms with Gasteiger partial charge in [0.1, 0.15) is 12.1 Å². The average Bonchev–Trinajstić information content (AvgIpc) is 2.38. The number of rotatable bonds is 3. The Morgan fingerprint density at radius 3 is 2.33 bits per heavy atom. The van der Waals surface area contributed by atoms with E-state index in [-0.39, 0.29) is 0 Å². The molecule has 94 valence electrons. The van der Waals surface area contributed by atoms with E-state index in [1.165, 1.54) is 0 Å². The number of nitrogens with one attached hydrogen (secondary N) is 1. The van der Waals surface area contributed by atoms with Gasteiger partial charge in [-0.3, -0.25) is 0 Å². The minimum absolute atomic E-state index is 0.347. The summed E-state index contributed by atoms with van der Waals surface area (Å²) in [6.45, 7) is 4.28. The molecule has 1 heterocycles. The molecule has 1 N–H and O–H groups in total. The molecule has 2 rings (SSSR count). The van der Waals surface area contributed by atoms with Crippen molar-refractivity contribution in [1.82, 2.24) is 9.97 Å². The molecular weight excluding hydrogens is 246 g/mol. The third kappa shape index (κ3) is 2.46. The SMILES string of the molecule is CNc1ncnc(-c2ccc(Cl)cc2)c1C(C)C. The first-order valence-electron chi connectivity index (χ1n) is 5.92. The van der Waals surface area contributed by atoms with E-state index in [0.29, 0.717) is 5.92 Å². The summed E-state index contributed by atoms with van der Waals surface area (Å²) in [4.78, 5) is 8.69. The number of anilines is 1. The summed E-state index contributed by atoms with van der Waals surface area (Å²) in [5.41, 5.74) is 3.14. The van der Waals surface area contributed by atoms with E-state index >= 15 is 0 Å². The molecule has 0 aliphatic carbocycles. The van der Waals surface area contributed by atoms with E-state index in [1.54, 1.807) is 6.33 Å². The Balaban J connectivity index is 2.59. The lowest BCUT2D eigenvalue weighted by atomic mass is 9.97. The van der Waals surface area contributed by atoms with Gasteiger partial charge in [0.15, 0.2) is 0 Å². The van der Waals surface area contributed by atoms with Crippen LogP contribution in [0.25, 0.3) is 11.3 Å². The number of hydrogen-bond acceptors (Lipinski definition) is 3. The van der Waals surface area contributed by atoms with Crippen molar-refractivity contribution >= 4 is 17.4 Å². The molecule has 4 heteroatoms. The van der Waals surface area contributed by atoms with Crippen molar-refractivity contribution in [2.75, 3.05) is 12.4 Å². The molecular formula is C14H16ClN3. The fraction of sp³-hybridized carbons (Fsp3) is 0.286. The van der Waals surface area contributed by atoms with E-state index in [9.17, 15) is 0 Å². The molecule has 0 atom stereocenters. The first-order chi connectivity index (χ1) is 8.63. The van der Waals surface area contributed by atoms with Gasteiger partial charge in [0, 0.05) is 23.2 Å². The zero-order valence-electron chi connectivity index (χ0n) is 10.7. The van der Waals surface area contributed by atoms with Crippen LogP contribution in [0.2, 0.25) is 5.02 Å². The van der Waals surface area contributed by atoms with E-state index in [4.69, 9.17) is 11.6 Å². The lowest BCUT2D eigenvalue weighted by Gasteiger charge is -2.15. The second kappa shape index (κ2) is 5.36. The van der Waals surface area contributed by atoms with Crippen molar-refractivity contribution in [3.63, 3.8) is 0 Å². The predicted octanol–water partition coefficient (Wildman–Crippen LogP) is 3.96. The summed E-state index contributed by atoms with van der Waals surface area (Å²) in [6.07, 6.45) is 1.58. The maximum absolute atomic E-state index is 5.91. The molecule has 0 fully saturated rings. The largest absolute Gasteiger partial charge is 0.373 e. The molecule has 0 aliphatic rings. The molecule has 1 aromatic heterocycles. The molecule has 0 amide bonds. The first-order valence-corrected chi connectivity index (χ1v) is 6.30. The van der Waals surface area contributed by atoms with Gasteiger partial charge in [-0.2, -0.15) is 0 Å². The number of nitrogens with zero attached hydrogens (tertiary/aromatic N) is 2. The monoisotopic (exact) mass is 261 g/mol. The number of aromatic nitrogens is 2. The lowest BCUT2D eigenvalue weighted by Crippen LogP contribution is -2.04. The van der Waals surface area contributed by atoms with Crippen LogP contribution < -0.4 is 5.32 Å². The quantitative estimate of drug-likeness (QED) is 0.909. The summed E-state index contributed by atoms with van der Waals surface area (Å²) in [5.74, 6) is 1.23. The Kier molecular flexibility index (Phi) is 3.82. The predicted molar refractivity (Wildman–Crippen MR) is 76.1 cm³/mol.